The molecule has 0 saturated heterocycles. The Bertz CT molecular complexity index is 1010. The van der Waals surface area contributed by atoms with Gasteiger partial charge in [0.15, 0.2) is 11.6 Å². The van der Waals surface area contributed by atoms with Gasteiger partial charge >= 0.3 is 5.97 Å². The summed E-state index contributed by atoms with van der Waals surface area (Å²) >= 11 is 0. The number of aryl methyl sites for hydroxylation is 2. The topological polar surface area (TPSA) is 98.0 Å². The molecule has 0 aliphatic rings. The van der Waals surface area contributed by atoms with Crippen molar-refractivity contribution in [2.75, 3.05) is 0 Å². The highest BCUT2D eigenvalue weighted by atomic mass is 16.4. The molecule has 0 amide bonds. The van der Waals surface area contributed by atoms with Crippen LogP contribution in [0.3, 0.4) is 0 Å². The van der Waals surface area contributed by atoms with Crippen molar-refractivity contribution in [1.29, 1.82) is 0 Å². The number of allylic oxidation sites excluding steroid dienone is 1. The molecule has 3 heterocycles. The molecule has 3 aromatic rings. The van der Waals surface area contributed by atoms with Crippen LogP contribution in [0.4, 0.5) is 0 Å². The van der Waals surface area contributed by atoms with Crippen molar-refractivity contribution >= 4 is 17.8 Å². The summed E-state index contributed by atoms with van der Waals surface area (Å²) < 4.78 is 1.67. The molecule has 1 N–H and O–H groups in total. The molecule has 0 bridgehead atoms. The van der Waals surface area contributed by atoms with Gasteiger partial charge in [-0.15, -0.1) is 0 Å². The normalized spacial score (nSPS) is 11.0. The Morgan fingerprint density at radius 2 is 1.96 bits per heavy atom. The number of carboxylic acids is 1. The second-order valence-electron chi connectivity index (χ2n) is 5.72. The number of rotatable bonds is 5. The molecule has 3 aromatic heterocycles. The van der Waals surface area contributed by atoms with E-state index in [0.29, 0.717) is 11.5 Å². The van der Waals surface area contributed by atoms with E-state index in [1.54, 1.807) is 36.3 Å². The van der Waals surface area contributed by atoms with Crippen molar-refractivity contribution in [3.63, 3.8) is 0 Å². The molecule has 26 heavy (non-hydrogen) atoms. The summed E-state index contributed by atoms with van der Waals surface area (Å²) in [5.41, 5.74) is 2.39. The Morgan fingerprint density at radius 1 is 1.15 bits per heavy atom. The van der Waals surface area contributed by atoms with E-state index in [-0.39, 0.29) is 16.9 Å². The monoisotopic (exact) mass is 348 g/mol. The third-order valence-corrected chi connectivity index (χ3v) is 3.82. The number of carbonyl (C=O) groups is 2. The first-order chi connectivity index (χ1) is 12.5. The summed E-state index contributed by atoms with van der Waals surface area (Å²) in [5.74, 6) is -0.718. The second-order valence-corrected chi connectivity index (χ2v) is 5.72. The van der Waals surface area contributed by atoms with Gasteiger partial charge in [0.2, 0.25) is 0 Å². The number of hydrogen-bond acceptors (Lipinski definition) is 5. The molecule has 0 radical (unpaired) electrons. The van der Waals surface area contributed by atoms with Crippen LogP contribution in [-0.2, 0) is 0 Å². The summed E-state index contributed by atoms with van der Waals surface area (Å²) in [5, 5.41) is 13.2. The lowest BCUT2D eigenvalue weighted by Gasteiger charge is -2.05. The van der Waals surface area contributed by atoms with E-state index in [1.165, 1.54) is 18.3 Å². The minimum atomic E-state index is -1.12. The number of ketones is 1. The summed E-state index contributed by atoms with van der Waals surface area (Å²) in [7, 11) is 0. The Hall–Kier alpha value is -3.61. The molecule has 3 rings (SSSR count). The first-order valence-electron chi connectivity index (χ1n) is 7.84. The van der Waals surface area contributed by atoms with E-state index in [9.17, 15) is 9.59 Å². The van der Waals surface area contributed by atoms with Crippen LogP contribution < -0.4 is 0 Å². The lowest BCUT2D eigenvalue weighted by Crippen LogP contribution is -2.05. The molecule has 0 aromatic carbocycles. The molecule has 0 aliphatic carbocycles. The van der Waals surface area contributed by atoms with Gasteiger partial charge in [0.1, 0.15) is 0 Å². The zero-order valence-corrected chi connectivity index (χ0v) is 14.2. The van der Waals surface area contributed by atoms with Gasteiger partial charge in [-0.05, 0) is 55.3 Å². The standard InChI is InChI=1S/C19H16N4O3/c1-12-8-14(10-21-18(12)23-7-3-6-22-23)4-5-17(24)16-9-15(19(25)26)11-20-13(16)2/h3-11H,1-2H3,(H,25,26)/b5-4+. The van der Waals surface area contributed by atoms with Gasteiger partial charge in [0.05, 0.1) is 5.56 Å². The van der Waals surface area contributed by atoms with Crippen molar-refractivity contribution in [3.8, 4) is 5.82 Å². The molecular weight excluding hydrogens is 332 g/mol. The number of carboxylic acid groups (broad SMARTS) is 1. The van der Waals surface area contributed by atoms with Crippen LogP contribution in [0.2, 0.25) is 0 Å². The maximum Gasteiger partial charge on any atom is 0.337 e. The molecule has 0 aliphatic heterocycles. The van der Waals surface area contributed by atoms with Crippen LogP contribution in [-0.4, -0.2) is 36.6 Å². The molecule has 0 unspecified atom stereocenters. The molecule has 7 heteroatoms. The third-order valence-electron chi connectivity index (χ3n) is 3.82. The van der Waals surface area contributed by atoms with Crippen molar-refractivity contribution in [3.05, 3.63) is 77.0 Å². The largest absolute Gasteiger partial charge is 0.478 e. The van der Waals surface area contributed by atoms with E-state index >= 15 is 0 Å². The lowest BCUT2D eigenvalue weighted by atomic mass is 10.1. The van der Waals surface area contributed by atoms with Crippen LogP contribution in [0.15, 0.2) is 49.1 Å². The number of carbonyl (C=O) groups excluding carboxylic acids is 1. The molecule has 0 fully saturated rings. The van der Waals surface area contributed by atoms with Crippen molar-refractivity contribution < 1.29 is 14.7 Å². The molecular formula is C19H16N4O3. The first kappa shape index (κ1) is 17.2. The van der Waals surface area contributed by atoms with Crippen LogP contribution in [0, 0.1) is 13.8 Å². The summed E-state index contributed by atoms with van der Waals surface area (Å²) in [4.78, 5) is 31.8. The van der Waals surface area contributed by atoms with Gasteiger partial charge in [-0.1, -0.05) is 0 Å². The van der Waals surface area contributed by atoms with Crippen molar-refractivity contribution in [2.24, 2.45) is 0 Å². The molecule has 0 saturated carbocycles. The number of pyridine rings is 2. The first-order valence-corrected chi connectivity index (χ1v) is 7.84. The van der Waals surface area contributed by atoms with Gasteiger partial charge in [-0.2, -0.15) is 5.10 Å². The number of aromatic carboxylic acids is 1. The Labute approximate surface area is 149 Å². The van der Waals surface area contributed by atoms with E-state index in [2.05, 4.69) is 15.1 Å². The van der Waals surface area contributed by atoms with E-state index < -0.39 is 5.97 Å². The highest BCUT2D eigenvalue weighted by molar-refractivity contribution is 6.08. The summed E-state index contributed by atoms with van der Waals surface area (Å²) in [6, 6.07) is 5.05. The van der Waals surface area contributed by atoms with E-state index in [0.717, 1.165) is 11.1 Å². The highest BCUT2D eigenvalue weighted by Gasteiger charge is 2.12. The van der Waals surface area contributed by atoms with Gasteiger partial charge in [0, 0.05) is 36.0 Å². The molecule has 0 atom stereocenters. The Kier molecular flexibility index (Phi) is 4.70. The quantitative estimate of drug-likeness (QED) is 0.562. The maximum absolute atomic E-state index is 12.4. The summed E-state index contributed by atoms with van der Waals surface area (Å²) in [6.07, 6.45) is 9.39. The third kappa shape index (κ3) is 3.56. The van der Waals surface area contributed by atoms with Gasteiger partial charge < -0.3 is 5.11 Å². The van der Waals surface area contributed by atoms with Crippen molar-refractivity contribution in [1.82, 2.24) is 19.7 Å². The molecule has 0 spiro atoms. The molecule has 7 nitrogen and oxygen atoms in total. The average Bonchev–Trinajstić information content (AvgIpc) is 3.14. The fourth-order valence-electron chi connectivity index (χ4n) is 2.48. The number of hydrogen-bond donors (Lipinski definition) is 1. The maximum atomic E-state index is 12.4. The number of nitrogens with zero attached hydrogens (tertiary/aromatic N) is 4. The smallest absolute Gasteiger partial charge is 0.337 e. The van der Waals surface area contributed by atoms with Crippen molar-refractivity contribution in [2.45, 2.75) is 13.8 Å². The minimum Gasteiger partial charge on any atom is -0.478 e. The second kappa shape index (κ2) is 7.10. The highest BCUT2D eigenvalue weighted by Crippen LogP contribution is 2.14. The zero-order chi connectivity index (χ0) is 18.7. The van der Waals surface area contributed by atoms with E-state index in [4.69, 9.17) is 5.11 Å². The average molecular weight is 348 g/mol. The van der Waals surface area contributed by atoms with E-state index in [1.807, 2.05) is 19.1 Å². The predicted octanol–water partition coefficient (Wildman–Crippen LogP) is 2.87. The van der Waals surface area contributed by atoms with Crippen LogP contribution in [0.25, 0.3) is 11.9 Å². The molecule has 130 valence electrons. The van der Waals surface area contributed by atoms with Gasteiger partial charge in [-0.25, -0.2) is 14.5 Å². The Balaban J connectivity index is 1.84. The Morgan fingerprint density at radius 3 is 2.62 bits per heavy atom. The van der Waals surface area contributed by atoms with Gasteiger partial charge in [-0.3, -0.25) is 9.78 Å². The zero-order valence-electron chi connectivity index (χ0n) is 14.2. The fourth-order valence-corrected chi connectivity index (χ4v) is 2.48. The lowest BCUT2D eigenvalue weighted by molar-refractivity contribution is 0.0696. The van der Waals surface area contributed by atoms with Crippen LogP contribution in [0.5, 0.6) is 0 Å². The number of aromatic nitrogens is 4. The van der Waals surface area contributed by atoms with Crippen LogP contribution in [0.1, 0.15) is 37.5 Å². The fraction of sp³-hybridized carbons (Fsp3) is 0.105. The van der Waals surface area contributed by atoms with Gasteiger partial charge in [0.25, 0.3) is 0 Å². The SMILES string of the molecule is Cc1cc(/C=C/C(=O)c2cc(C(=O)O)cnc2C)cnc1-n1cccn1. The summed E-state index contributed by atoms with van der Waals surface area (Å²) in [6.45, 7) is 3.57. The van der Waals surface area contributed by atoms with Crippen LogP contribution >= 0.6 is 0 Å². The predicted molar refractivity (Wildman–Crippen MR) is 95.4 cm³/mol. The minimum absolute atomic E-state index is 0.0200.